The SMILES string of the molecule is CCCOC(=O)[C@H](C)NP(=O)(O)[C@@H](F)c1ccc2sc(C(=O)N[C@H](C(=O)N3CC[C@@H](CC4CCN(Cc5ccc6c(c5)n(C)c(=O)n6[C@@H]5CCC(=O)NC5=O)CC4)[C@H]3C(=O)N3CCO[C@H](c4ccccc4)C3)C(C)(C)C)cc2c1. The number of aryl methyl sites for hydroxylation is 1. The van der Waals surface area contributed by atoms with E-state index in [2.05, 4.69) is 20.6 Å². The molecule has 79 heavy (non-hydrogen) atoms. The Morgan fingerprint density at radius 3 is 2.41 bits per heavy atom. The van der Waals surface area contributed by atoms with Crippen LogP contribution < -0.4 is 21.4 Å². The van der Waals surface area contributed by atoms with Crippen LogP contribution in [0.4, 0.5) is 4.39 Å². The second-order valence-electron chi connectivity index (χ2n) is 22.7. The van der Waals surface area contributed by atoms with Gasteiger partial charge in [0.2, 0.25) is 29.5 Å². The predicted molar refractivity (Wildman–Crippen MR) is 297 cm³/mol. The van der Waals surface area contributed by atoms with Gasteiger partial charge >= 0.3 is 19.2 Å². The number of alkyl halides is 1. The van der Waals surface area contributed by atoms with Crippen molar-refractivity contribution in [1.82, 2.24) is 39.6 Å². The molecule has 8 atom stereocenters. The number of piperidine rings is 2. The number of benzene rings is 3. The van der Waals surface area contributed by atoms with Crippen LogP contribution in [0.5, 0.6) is 0 Å². The molecule has 0 spiro atoms. The highest BCUT2D eigenvalue weighted by atomic mass is 32.1. The van der Waals surface area contributed by atoms with Crippen LogP contribution in [0.25, 0.3) is 21.1 Å². The summed E-state index contributed by atoms with van der Waals surface area (Å²) in [5.41, 5.74) is 2.07. The number of carbonyl (C=O) groups excluding carboxylic acids is 6. The van der Waals surface area contributed by atoms with E-state index in [1.807, 2.05) is 74.2 Å². The number of thiophene rings is 1. The van der Waals surface area contributed by atoms with Gasteiger partial charge in [0, 0.05) is 37.8 Å². The van der Waals surface area contributed by atoms with E-state index in [0.717, 1.165) is 54.8 Å². The summed E-state index contributed by atoms with van der Waals surface area (Å²) in [7, 11) is -3.09. The number of imidazole rings is 1. The molecule has 0 radical (unpaired) electrons. The second kappa shape index (κ2) is 23.9. The third-order valence-electron chi connectivity index (χ3n) is 15.9. The maximum absolute atomic E-state index is 15.8. The Hall–Kier alpha value is -6.09. The zero-order valence-corrected chi connectivity index (χ0v) is 47.4. The van der Waals surface area contributed by atoms with Crippen molar-refractivity contribution in [2.24, 2.45) is 24.3 Å². The molecule has 1 unspecified atom stereocenters. The number of hydrogen-bond acceptors (Lipinski definition) is 12. The topological polar surface area (TPSA) is 231 Å². The van der Waals surface area contributed by atoms with E-state index in [-0.39, 0.29) is 71.2 Å². The third-order valence-corrected chi connectivity index (χ3v) is 18.7. The first-order chi connectivity index (χ1) is 37.6. The molecule has 0 saturated carbocycles. The first-order valence-corrected chi connectivity index (χ1v) is 29.9. The molecule has 19 nitrogen and oxygen atoms in total. The number of ether oxygens (including phenoxy) is 2. The van der Waals surface area contributed by atoms with Crippen LogP contribution >= 0.6 is 18.9 Å². The monoisotopic (exact) mass is 1130 g/mol. The summed E-state index contributed by atoms with van der Waals surface area (Å²) in [5, 5.41) is 8.02. The van der Waals surface area contributed by atoms with Crippen LogP contribution in [-0.4, -0.2) is 128 Å². The van der Waals surface area contributed by atoms with Gasteiger partial charge in [-0.25, -0.2) is 14.3 Å². The lowest BCUT2D eigenvalue weighted by molar-refractivity contribution is -0.152. The van der Waals surface area contributed by atoms with Crippen LogP contribution in [-0.2, 0) is 51.6 Å². The first kappa shape index (κ1) is 57.6. The van der Waals surface area contributed by atoms with Crippen molar-refractivity contribution in [2.45, 2.75) is 122 Å². The molecule has 6 heterocycles. The van der Waals surface area contributed by atoms with Crippen LogP contribution in [0.1, 0.15) is 124 Å². The van der Waals surface area contributed by atoms with E-state index in [1.54, 1.807) is 35.6 Å². The van der Waals surface area contributed by atoms with Crippen molar-refractivity contribution < 1.29 is 52.1 Å². The standard InChI is InChI=1S/C57H72FN8O11PS/c1-7-26-77-55(72)34(2)61-78(74,75)50(58)39-14-17-45-40(30-39)31-46(79-45)52(69)60-49(57(3,4)5)54(71)65-24-21-38(48(65)53(70)64-25-27-76-44(33-64)37-11-9-8-10-12-37)28-35-19-22-63(23-20-35)32-36-13-15-41-43(29-36)62(6)56(73)66(41)42-16-18-47(67)59-51(42)68/h8-15,17,29-31,34-35,38,42,44,48-50H,7,16,18-28,32-33H2,1-6H3,(H,60,69)(H,59,67,68)(H2,61,74,75)/t34-,38-,42+,44-,48-,49+,50+/m0/s1. The van der Waals surface area contributed by atoms with Crippen molar-refractivity contribution >= 4 is 75.5 Å². The van der Waals surface area contributed by atoms with Crippen molar-refractivity contribution in [1.29, 1.82) is 0 Å². The fourth-order valence-corrected chi connectivity index (χ4v) is 14.0. The minimum atomic E-state index is -4.77. The molecule has 5 amide bonds. The van der Waals surface area contributed by atoms with Gasteiger partial charge in [-0.15, -0.1) is 11.3 Å². The highest BCUT2D eigenvalue weighted by Crippen LogP contribution is 2.54. The van der Waals surface area contributed by atoms with E-state index in [4.69, 9.17) is 9.47 Å². The molecule has 0 aliphatic carbocycles. The lowest BCUT2D eigenvalue weighted by Gasteiger charge is -2.40. The number of rotatable bonds is 17. The number of likely N-dealkylation sites (tertiary alicyclic amines) is 2. The smallest absolute Gasteiger partial charge is 0.329 e. The molecular formula is C57H72FN8O11PS. The molecule has 4 fully saturated rings. The lowest BCUT2D eigenvalue weighted by Crippen LogP contribution is -2.59. The molecule has 0 bridgehead atoms. The number of nitrogens with zero attached hydrogens (tertiary/aromatic N) is 5. The number of morpholine rings is 1. The molecule has 22 heteroatoms. The molecule has 424 valence electrons. The van der Waals surface area contributed by atoms with Gasteiger partial charge in [-0.05, 0) is 128 Å². The zero-order chi connectivity index (χ0) is 56.5. The summed E-state index contributed by atoms with van der Waals surface area (Å²) in [6.45, 7) is 12.4. The number of imide groups is 1. The van der Waals surface area contributed by atoms with Gasteiger partial charge in [0.25, 0.3) is 5.91 Å². The van der Waals surface area contributed by atoms with E-state index >= 15 is 14.0 Å². The van der Waals surface area contributed by atoms with Gasteiger partial charge in [-0.1, -0.05) is 70.2 Å². The normalized spacial score (nSPS) is 22.6. The third kappa shape index (κ3) is 12.6. The molecule has 4 saturated heterocycles. The molecule has 2 aromatic heterocycles. The van der Waals surface area contributed by atoms with Crippen molar-refractivity contribution in [3.05, 3.63) is 105 Å². The Bertz CT molecular complexity index is 3220. The number of nitrogens with one attached hydrogen (secondary N) is 3. The maximum atomic E-state index is 15.8. The van der Waals surface area contributed by atoms with Crippen LogP contribution in [0.3, 0.4) is 0 Å². The Morgan fingerprint density at radius 2 is 1.70 bits per heavy atom. The van der Waals surface area contributed by atoms with Crippen LogP contribution in [0, 0.1) is 17.3 Å². The highest BCUT2D eigenvalue weighted by Gasteiger charge is 2.49. The van der Waals surface area contributed by atoms with E-state index in [9.17, 15) is 33.4 Å². The van der Waals surface area contributed by atoms with Crippen molar-refractivity contribution in [2.75, 3.05) is 45.9 Å². The van der Waals surface area contributed by atoms with E-state index in [1.165, 1.54) is 23.6 Å². The Labute approximate surface area is 462 Å². The number of carbonyl (C=O) groups is 6. The average molecular weight is 1130 g/mol. The number of fused-ring (bicyclic) bond motifs is 2. The van der Waals surface area contributed by atoms with Gasteiger partial charge in [-0.3, -0.25) is 52.7 Å². The van der Waals surface area contributed by atoms with E-state index in [0.29, 0.717) is 66.7 Å². The van der Waals surface area contributed by atoms with Gasteiger partial charge in [0.05, 0.1) is 35.7 Å². The number of halogens is 1. The number of esters is 1. The van der Waals surface area contributed by atoms with Gasteiger partial charge < -0.3 is 29.5 Å². The maximum Gasteiger partial charge on any atom is 0.329 e. The average Bonchev–Trinajstić information content (AvgIpc) is 4.35. The van der Waals surface area contributed by atoms with Gasteiger partial charge in [0.15, 0.2) is 0 Å². The summed E-state index contributed by atoms with van der Waals surface area (Å²) in [5.74, 6) is -4.93. The van der Waals surface area contributed by atoms with Crippen LogP contribution in [0.2, 0.25) is 0 Å². The molecular weight excluding hydrogens is 1050 g/mol. The Balaban J connectivity index is 0.894. The fourth-order valence-electron chi connectivity index (χ4n) is 11.7. The lowest BCUT2D eigenvalue weighted by atomic mass is 9.82. The van der Waals surface area contributed by atoms with E-state index < -0.39 is 60.8 Å². The second-order valence-corrected chi connectivity index (χ2v) is 25.7. The van der Waals surface area contributed by atoms with Crippen molar-refractivity contribution in [3.8, 4) is 0 Å². The summed E-state index contributed by atoms with van der Waals surface area (Å²) >= 11 is 1.12. The summed E-state index contributed by atoms with van der Waals surface area (Å²) in [4.78, 5) is 112. The molecule has 4 aliphatic rings. The zero-order valence-electron chi connectivity index (χ0n) is 45.7. The highest BCUT2D eigenvalue weighted by molar-refractivity contribution is 7.56. The van der Waals surface area contributed by atoms with Crippen LogP contribution in [0.15, 0.2) is 77.6 Å². The van der Waals surface area contributed by atoms with Gasteiger partial charge in [0.1, 0.15) is 30.3 Å². The summed E-state index contributed by atoms with van der Waals surface area (Å²) in [6, 6.07) is 17.6. The van der Waals surface area contributed by atoms with Crippen molar-refractivity contribution in [3.63, 3.8) is 0 Å². The molecule has 9 rings (SSSR count). The minimum Gasteiger partial charge on any atom is -0.465 e. The molecule has 3 aromatic carbocycles. The molecule has 4 N–H and O–H groups in total. The quantitative estimate of drug-likeness (QED) is 0.0423. The fraction of sp³-hybridized carbons (Fsp3) is 0.526. The number of aromatic nitrogens is 2. The van der Waals surface area contributed by atoms with Gasteiger partial charge in [-0.2, -0.15) is 0 Å². The summed E-state index contributed by atoms with van der Waals surface area (Å²) in [6.07, 6.45) is 3.71. The largest absolute Gasteiger partial charge is 0.465 e. The Morgan fingerprint density at radius 1 is 0.949 bits per heavy atom. The predicted octanol–water partition coefficient (Wildman–Crippen LogP) is 6.88. The Kier molecular flexibility index (Phi) is 17.4. The summed E-state index contributed by atoms with van der Waals surface area (Å²) < 4.78 is 43.8. The number of hydrogen-bond donors (Lipinski definition) is 4. The molecule has 5 aromatic rings. The first-order valence-electron chi connectivity index (χ1n) is 27.4. The molecule has 4 aliphatic heterocycles. The number of amides is 5. The minimum absolute atomic E-state index is 0.116.